The van der Waals surface area contributed by atoms with E-state index in [-0.39, 0.29) is 36.9 Å². The zero-order valence-corrected chi connectivity index (χ0v) is 8.54. The number of aryl methyl sites for hydroxylation is 1. The minimum absolute atomic E-state index is 0. The zero-order chi connectivity index (χ0) is 9.84. The standard InChI is InChI=1S/C9H11F2NO.ClH/c1-6-2-3-7(13-5-4-12)9(11)8(6)10;/h2-3H,4-5,12H2,1H3;1H. The Balaban J connectivity index is 0.00000169. The first-order valence-electron chi connectivity index (χ1n) is 3.94. The molecule has 0 aliphatic heterocycles. The smallest absolute Gasteiger partial charge is 0.200 e. The molecule has 1 aromatic rings. The van der Waals surface area contributed by atoms with Crippen LogP contribution in [0, 0.1) is 18.6 Å². The van der Waals surface area contributed by atoms with E-state index < -0.39 is 11.6 Å². The Kier molecular flexibility index (Phi) is 5.42. The van der Waals surface area contributed by atoms with Crippen LogP contribution in [0.3, 0.4) is 0 Å². The topological polar surface area (TPSA) is 35.2 Å². The first kappa shape index (κ1) is 13.1. The fourth-order valence-corrected chi connectivity index (χ4v) is 0.909. The Bertz CT molecular complexity index is 307. The second-order valence-electron chi connectivity index (χ2n) is 2.65. The lowest BCUT2D eigenvalue weighted by molar-refractivity contribution is 0.304. The molecule has 14 heavy (non-hydrogen) atoms. The van der Waals surface area contributed by atoms with E-state index >= 15 is 0 Å². The molecule has 2 nitrogen and oxygen atoms in total. The molecule has 0 aliphatic carbocycles. The van der Waals surface area contributed by atoms with Crippen molar-refractivity contribution in [2.45, 2.75) is 6.92 Å². The lowest BCUT2D eigenvalue weighted by Crippen LogP contribution is -2.11. The van der Waals surface area contributed by atoms with E-state index in [1.165, 1.54) is 19.1 Å². The van der Waals surface area contributed by atoms with Crippen molar-refractivity contribution in [2.75, 3.05) is 13.2 Å². The van der Waals surface area contributed by atoms with Crippen molar-refractivity contribution in [2.24, 2.45) is 5.73 Å². The SMILES string of the molecule is Cc1ccc(OCCN)c(F)c1F.Cl. The molecule has 0 aromatic heterocycles. The Morgan fingerprint density at radius 1 is 1.29 bits per heavy atom. The maximum absolute atomic E-state index is 13.0. The average Bonchev–Trinajstić information content (AvgIpc) is 2.13. The van der Waals surface area contributed by atoms with Crippen LogP contribution in [0.4, 0.5) is 8.78 Å². The molecular weight excluding hydrogens is 212 g/mol. The number of halogens is 3. The van der Waals surface area contributed by atoms with Crippen LogP contribution >= 0.6 is 12.4 Å². The van der Waals surface area contributed by atoms with Gasteiger partial charge in [-0.05, 0) is 18.6 Å². The minimum Gasteiger partial charge on any atom is -0.489 e. The van der Waals surface area contributed by atoms with Crippen molar-refractivity contribution in [3.63, 3.8) is 0 Å². The number of ether oxygens (including phenoxy) is 1. The van der Waals surface area contributed by atoms with Gasteiger partial charge in [0.2, 0.25) is 5.82 Å². The number of benzene rings is 1. The predicted molar refractivity (Wildman–Crippen MR) is 52.9 cm³/mol. The lowest BCUT2D eigenvalue weighted by atomic mass is 10.2. The molecule has 0 aliphatic rings. The average molecular weight is 224 g/mol. The molecule has 0 radical (unpaired) electrons. The van der Waals surface area contributed by atoms with Crippen LogP contribution in [0.15, 0.2) is 12.1 Å². The third kappa shape index (κ3) is 2.82. The first-order chi connectivity index (χ1) is 6.16. The van der Waals surface area contributed by atoms with Gasteiger partial charge in [0.25, 0.3) is 0 Å². The summed E-state index contributed by atoms with van der Waals surface area (Å²) in [6.45, 7) is 1.94. The largest absolute Gasteiger partial charge is 0.489 e. The van der Waals surface area contributed by atoms with Crippen molar-refractivity contribution in [3.8, 4) is 5.75 Å². The van der Waals surface area contributed by atoms with E-state index in [0.717, 1.165) is 0 Å². The summed E-state index contributed by atoms with van der Waals surface area (Å²) >= 11 is 0. The summed E-state index contributed by atoms with van der Waals surface area (Å²) < 4.78 is 30.9. The molecule has 0 unspecified atom stereocenters. The van der Waals surface area contributed by atoms with Crippen LogP contribution in [0.2, 0.25) is 0 Å². The van der Waals surface area contributed by atoms with Crippen molar-refractivity contribution in [1.29, 1.82) is 0 Å². The van der Waals surface area contributed by atoms with Crippen molar-refractivity contribution in [3.05, 3.63) is 29.3 Å². The molecule has 0 fully saturated rings. The fourth-order valence-electron chi connectivity index (χ4n) is 0.909. The number of hydrogen-bond donors (Lipinski definition) is 1. The first-order valence-corrected chi connectivity index (χ1v) is 3.94. The maximum atomic E-state index is 13.0. The van der Waals surface area contributed by atoms with Crippen LogP contribution in [-0.2, 0) is 0 Å². The summed E-state index contributed by atoms with van der Waals surface area (Å²) in [7, 11) is 0. The van der Waals surface area contributed by atoms with E-state index in [2.05, 4.69) is 0 Å². The molecular formula is C9H12ClF2NO. The van der Waals surface area contributed by atoms with Gasteiger partial charge < -0.3 is 10.5 Å². The van der Waals surface area contributed by atoms with Gasteiger partial charge in [-0.3, -0.25) is 0 Å². The molecule has 0 spiro atoms. The molecule has 1 aromatic carbocycles. The Morgan fingerprint density at radius 3 is 2.50 bits per heavy atom. The lowest BCUT2D eigenvalue weighted by Gasteiger charge is -2.06. The highest BCUT2D eigenvalue weighted by Crippen LogP contribution is 2.21. The molecule has 5 heteroatoms. The van der Waals surface area contributed by atoms with Gasteiger partial charge in [-0.15, -0.1) is 12.4 Å². The normalized spacial score (nSPS) is 9.43. The summed E-state index contributed by atoms with van der Waals surface area (Å²) in [4.78, 5) is 0. The third-order valence-corrected chi connectivity index (χ3v) is 1.62. The molecule has 80 valence electrons. The van der Waals surface area contributed by atoms with Gasteiger partial charge in [-0.2, -0.15) is 4.39 Å². The summed E-state index contributed by atoms with van der Waals surface area (Å²) in [5.74, 6) is -1.91. The van der Waals surface area contributed by atoms with Crippen LogP contribution in [0.25, 0.3) is 0 Å². The highest BCUT2D eigenvalue weighted by atomic mass is 35.5. The molecule has 0 heterocycles. The predicted octanol–water partition coefficient (Wildman–Crippen LogP) is 2.03. The van der Waals surface area contributed by atoms with Gasteiger partial charge in [0, 0.05) is 6.54 Å². The Morgan fingerprint density at radius 2 is 1.93 bits per heavy atom. The van der Waals surface area contributed by atoms with Gasteiger partial charge in [-0.25, -0.2) is 4.39 Å². The van der Waals surface area contributed by atoms with Gasteiger partial charge in [-0.1, -0.05) is 6.07 Å². The van der Waals surface area contributed by atoms with Crippen LogP contribution < -0.4 is 10.5 Å². The van der Waals surface area contributed by atoms with E-state index in [0.29, 0.717) is 0 Å². The highest BCUT2D eigenvalue weighted by Gasteiger charge is 2.11. The summed E-state index contributed by atoms with van der Waals surface area (Å²) in [6, 6.07) is 2.85. The monoisotopic (exact) mass is 223 g/mol. The van der Waals surface area contributed by atoms with Crippen molar-refractivity contribution in [1.82, 2.24) is 0 Å². The second kappa shape index (κ2) is 5.78. The molecule has 0 saturated carbocycles. The van der Waals surface area contributed by atoms with E-state index in [1.807, 2.05) is 0 Å². The van der Waals surface area contributed by atoms with Crippen LogP contribution in [0.5, 0.6) is 5.75 Å². The summed E-state index contributed by atoms with van der Waals surface area (Å²) in [5, 5.41) is 0. The summed E-state index contributed by atoms with van der Waals surface area (Å²) in [5.41, 5.74) is 5.41. The van der Waals surface area contributed by atoms with Gasteiger partial charge >= 0.3 is 0 Å². The third-order valence-electron chi connectivity index (χ3n) is 1.62. The molecule has 0 amide bonds. The van der Waals surface area contributed by atoms with Crippen molar-refractivity contribution < 1.29 is 13.5 Å². The molecule has 1 rings (SSSR count). The Labute approximate surface area is 87.5 Å². The number of hydrogen-bond acceptors (Lipinski definition) is 2. The van der Waals surface area contributed by atoms with Crippen molar-refractivity contribution >= 4 is 12.4 Å². The summed E-state index contributed by atoms with van der Waals surface area (Å²) in [6.07, 6.45) is 0. The number of nitrogens with two attached hydrogens (primary N) is 1. The van der Waals surface area contributed by atoms with E-state index in [9.17, 15) is 8.78 Å². The molecule has 0 atom stereocenters. The Hall–Kier alpha value is -0.870. The minimum atomic E-state index is -0.951. The quantitative estimate of drug-likeness (QED) is 0.851. The van der Waals surface area contributed by atoms with Gasteiger partial charge in [0.15, 0.2) is 11.6 Å². The van der Waals surface area contributed by atoms with Crippen LogP contribution in [-0.4, -0.2) is 13.2 Å². The van der Waals surface area contributed by atoms with E-state index in [4.69, 9.17) is 10.5 Å². The molecule has 2 N–H and O–H groups in total. The highest BCUT2D eigenvalue weighted by molar-refractivity contribution is 5.85. The fraction of sp³-hybridized carbons (Fsp3) is 0.333. The zero-order valence-electron chi connectivity index (χ0n) is 7.72. The van der Waals surface area contributed by atoms with Gasteiger partial charge in [0.1, 0.15) is 6.61 Å². The molecule has 0 bridgehead atoms. The number of rotatable bonds is 3. The maximum Gasteiger partial charge on any atom is 0.200 e. The second-order valence-corrected chi connectivity index (χ2v) is 2.65. The van der Waals surface area contributed by atoms with E-state index in [1.54, 1.807) is 0 Å². The van der Waals surface area contributed by atoms with Crippen LogP contribution in [0.1, 0.15) is 5.56 Å². The van der Waals surface area contributed by atoms with Gasteiger partial charge in [0.05, 0.1) is 0 Å². The molecule has 0 saturated heterocycles.